The Balaban J connectivity index is 4.40. The second kappa shape index (κ2) is 7.94. The molecule has 3 heteroatoms. The summed E-state index contributed by atoms with van der Waals surface area (Å²) in [6, 6.07) is 0.355. The van der Waals surface area contributed by atoms with Crippen molar-refractivity contribution in [3.8, 4) is 0 Å². The molecule has 0 rings (SSSR count). The van der Waals surface area contributed by atoms with Crippen molar-refractivity contribution in [2.24, 2.45) is 5.92 Å². The van der Waals surface area contributed by atoms with Crippen LogP contribution in [0, 0.1) is 5.92 Å². The summed E-state index contributed by atoms with van der Waals surface area (Å²) >= 11 is 0. The van der Waals surface area contributed by atoms with Crippen LogP contribution in [0.25, 0.3) is 0 Å². The Morgan fingerprint density at radius 3 is 1.67 bits per heavy atom. The Kier molecular flexibility index (Phi) is 7.89. The predicted octanol–water partition coefficient (Wildman–Crippen LogP) is 4.40. The topological polar surface area (TPSA) is 30.5 Å². The minimum absolute atomic E-state index is 0.0431. The third-order valence-corrected chi connectivity index (χ3v) is 3.34. The molecule has 1 N–H and O–H groups in total. The lowest BCUT2D eigenvalue weighted by molar-refractivity contribution is -0.0310. The molecule has 0 fully saturated rings. The van der Waals surface area contributed by atoms with Gasteiger partial charge in [0.2, 0.25) is 0 Å². The van der Waals surface area contributed by atoms with E-state index < -0.39 is 0 Å². The zero-order valence-electron chi connectivity index (χ0n) is 16.1. The fourth-order valence-corrected chi connectivity index (χ4v) is 1.93. The molecule has 1 atom stereocenters. The molecule has 1 unspecified atom stereocenters. The second-order valence-electron chi connectivity index (χ2n) is 9.01. The van der Waals surface area contributed by atoms with Crippen LogP contribution >= 0.6 is 0 Å². The maximum atomic E-state index is 5.96. The number of ether oxygens (including phenoxy) is 2. The lowest BCUT2D eigenvalue weighted by atomic mass is 9.95. The normalized spacial score (nSPS) is 15.6. The molecule has 0 aromatic heterocycles. The van der Waals surface area contributed by atoms with Gasteiger partial charge in [0.05, 0.1) is 17.8 Å². The SMILES string of the molecule is CC(C)C(COC(C)(C)C)NC(C)(C)CCOC(C)(C)C. The fraction of sp³-hybridized carbons (Fsp3) is 1.00. The van der Waals surface area contributed by atoms with E-state index in [-0.39, 0.29) is 16.7 Å². The third kappa shape index (κ3) is 12.1. The van der Waals surface area contributed by atoms with Crippen molar-refractivity contribution in [2.45, 2.75) is 98.4 Å². The summed E-state index contributed by atoms with van der Waals surface area (Å²) in [5.74, 6) is 0.537. The van der Waals surface area contributed by atoms with E-state index in [1.807, 2.05) is 0 Å². The van der Waals surface area contributed by atoms with Crippen molar-refractivity contribution >= 4 is 0 Å². The van der Waals surface area contributed by atoms with Gasteiger partial charge in [0.1, 0.15) is 0 Å². The van der Waals surface area contributed by atoms with Gasteiger partial charge < -0.3 is 14.8 Å². The molecule has 0 aliphatic rings. The van der Waals surface area contributed by atoms with E-state index >= 15 is 0 Å². The van der Waals surface area contributed by atoms with Crippen molar-refractivity contribution in [3.63, 3.8) is 0 Å². The van der Waals surface area contributed by atoms with Crippen LogP contribution in [0.1, 0.15) is 75.7 Å². The highest BCUT2D eigenvalue weighted by Gasteiger charge is 2.26. The Morgan fingerprint density at radius 1 is 0.810 bits per heavy atom. The van der Waals surface area contributed by atoms with Crippen molar-refractivity contribution in [1.29, 1.82) is 0 Å². The van der Waals surface area contributed by atoms with Gasteiger partial charge in [-0.3, -0.25) is 0 Å². The maximum Gasteiger partial charge on any atom is 0.0629 e. The van der Waals surface area contributed by atoms with Gasteiger partial charge in [0.15, 0.2) is 0 Å². The summed E-state index contributed by atoms with van der Waals surface area (Å²) in [5.41, 5.74) is -0.112. The van der Waals surface area contributed by atoms with Crippen molar-refractivity contribution < 1.29 is 9.47 Å². The standard InChI is InChI=1S/C18H39NO2/c1-14(2)15(13-21-17(6,7)8)19-18(9,10)11-12-20-16(3,4)5/h14-15,19H,11-13H2,1-10H3. The monoisotopic (exact) mass is 301 g/mol. The smallest absolute Gasteiger partial charge is 0.0629 e. The summed E-state index contributed by atoms with van der Waals surface area (Å²) in [4.78, 5) is 0. The molecule has 0 aliphatic carbocycles. The molecule has 128 valence electrons. The van der Waals surface area contributed by atoms with Gasteiger partial charge in [-0.1, -0.05) is 13.8 Å². The number of rotatable bonds is 8. The summed E-state index contributed by atoms with van der Waals surface area (Å²) in [6.07, 6.45) is 0.989. The Labute approximate surface area is 133 Å². The molecular weight excluding hydrogens is 262 g/mol. The maximum absolute atomic E-state index is 5.96. The first-order valence-corrected chi connectivity index (χ1v) is 8.27. The number of hydrogen-bond acceptors (Lipinski definition) is 3. The van der Waals surface area contributed by atoms with Gasteiger partial charge in [-0.25, -0.2) is 0 Å². The molecule has 0 aliphatic heterocycles. The van der Waals surface area contributed by atoms with Gasteiger partial charge in [-0.2, -0.15) is 0 Å². The molecule has 0 spiro atoms. The van der Waals surface area contributed by atoms with Gasteiger partial charge in [0, 0.05) is 18.2 Å². The molecule has 0 radical (unpaired) electrons. The van der Waals surface area contributed by atoms with Crippen LogP contribution in [-0.4, -0.2) is 36.0 Å². The average Bonchev–Trinajstić information content (AvgIpc) is 2.20. The average molecular weight is 302 g/mol. The van der Waals surface area contributed by atoms with Crippen molar-refractivity contribution in [2.75, 3.05) is 13.2 Å². The van der Waals surface area contributed by atoms with E-state index in [9.17, 15) is 0 Å². The fourth-order valence-electron chi connectivity index (χ4n) is 1.93. The van der Waals surface area contributed by atoms with Crippen molar-refractivity contribution in [1.82, 2.24) is 5.32 Å². The highest BCUT2D eigenvalue weighted by Crippen LogP contribution is 2.17. The molecule has 0 saturated carbocycles. The van der Waals surface area contributed by atoms with Gasteiger partial charge >= 0.3 is 0 Å². The van der Waals surface area contributed by atoms with Gasteiger partial charge in [0.25, 0.3) is 0 Å². The first kappa shape index (κ1) is 20.9. The van der Waals surface area contributed by atoms with E-state index in [0.717, 1.165) is 19.6 Å². The molecule has 21 heavy (non-hydrogen) atoms. The summed E-state index contributed by atoms with van der Waals surface area (Å²) < 4.78 is 11.8. The van der Waals surface area contributed by atoms with E-state index in [2.05, 4.69) is 74.6 Å². The van der Waals surface area contributed by atoms with E-state index in [1.165, 1.54) is 0 Å². The van der Waals surface area contributed by atoms with Crippen LogP contribution in [0.5, 0.6) is 0 Å². The first-order chi connectivity index (χ1) is 9.22. The van der Waals surface area contributed by atoms with Crippen LogP contribution in [0.4, 0.5) is 0 Å². The van der Waals surface area contributed by atoms with Gasteiger partial charge in [-0.05, 0) is 67.7 Å². The molecule has 0 heterocycles. The second-order valence-corrected chi connectivity index (χ2v) is 9.01. The summed E-state index contributed by atoms with van der Waals surface area (Å²) in [6.45, 7) is 23.1. The largest absolute Gasteiger partial charge is 0.376 e. The lowest BCUT2D eigenvalue weighted by Gasteiger charge is -2.36. The predicted molar refractivity (Wildman–Crippen MR) is 91.9 cm³/mol. The molecule has 3 nitrogen and oxygen atoms in total. The van der Waals surface area contributed by atoms with Gasteiger partial charge in [-0.15, -0.1) is 0 Å². The molecule has 0 aromatic carbocycles. The Bertz CT molecular complexity index is 285. The highest BCUT2D eigenvalue weighted by molar-refractivity contribution is 4.84. The van der Waals surface area contributed by atoms with E-state index in [4.69, 9.17) is 9.47 Å². The Hall–Kier alpha value is -0.120. The zero-order valence-corrected chi connectivity index (χ0v) is 16.1. The van der Waals surface area contributed by atoms with Crippen molar-refractivity contribution in [3.05, 3.63) is 0 Å². The third-order valence-electron chi connectivity index (χ3n) is 3.34. The lowest BCUT2D eigenvalue weighted by Crippen LogP contribution is -2.51. The first-order valence-electron chi connectivity index (χ1n) is 8.27. The highest BCUT2D eigenvalue weighted by atomic mass is 16.5. The van der Waals surface area contributed by atoms with E-state index in [0.29, 0.717) is 12.0 Å². The van der Waals surface area contributed by atoms with Crippen LogP contribution in [-0.2, 0) is 9.47 Å². The molecule has 0 aromatic rings. The van der Waals surface area contributed by atoms with Crippen LogP contribution < -0.4 is 5.32 Å². The quantitative estimate of drug-likeness (QED) is 0.721. The Morgan fingerprint density at radius 2 is 1.29 bits per heavy atom. The van der Waals surface area contributed by atoms with Crippen LogP contribution in [0.3, 0.4) is 0 Å². The summed E-state index contributed by atoms with van der Waals surface area (Å²) in [7, 11) is 0. The van der Waals surface area contributed by atoms with Crippen LogP contribution in [0.2, 0.25) is 0 Å². The van der Waals surface area contributed by atoms with E-state index in [1.54, 1.807) is 0 Å². The molecule has 0 amide bonds. The number of nitrogens with one attached hydrogen (secondary N) is 1. The molecule has 0 bridgehead atoms. The zero-order chi connectivity index (χ0) is 16.9. The molecule has 0 saturated heterocycles. The number of hydrogen-bond donors (Lipinski definition) is 1. The molecular formula is C18H39NO2. The summed E-state index contributed by atoms with van der Waals surface area (Å²) in [5, 5.41) is 3.75. The minimum Gasteiger partial charge on any atom is -0.376 e. The van der Waals surface area contributed by atoms with Crippen LogP contribution in [0.15, 0.2) is 0 Å². The minimum atomic E-state index is -0.0890.